The van der Waals surface area contributed by atoms with E-state index in [1.807, 2.05) is 0 Å². The number of rotatable bonds is 6. The maximum absolute atomic E-state index is 6.24. The van der Waals surface area contributed by atoms with Crippen LogP contribution in [0.15, 0.2) is 0 Å². The van der Waals surface area contributed by atoms with E-state index >= 15 is 0 Å². The third-order valence-electron chi connectivity index (χ3n) is 7.30. The summed E-state index contributed by atoms with van der Waals surface area (Å²) in [6.45, 7) is 8.16. The first-order valence-electron chi connectivity index (χ1n) is 9.35. The first-order chi connectivity index (χ1) is 9.89. The second-order valence-corrected chi connectivity index (χ2v) is 9.13. The summed E-state index contributed by atoms with van der Waals surface area (Å²) in [6, 6.07) is 1.10. The Hall–Kier alpha value is -0.0800. The molecule has 0 heterocycles. The van der Waals surface area contributed by atoms with E-state index in [0.29, 0.717) is 17.4 Å². The van der Waals surface area contributed by atoms with Crippen molar-refractivity contribution in [1.82, 2.24) is 4.90 Å². The standard InChI is InChI=1S/C19H36N2/c1-13(2)18(20)5-6-21(4)14(3)19-10-15-7-16(11-19)9-17(8-15)12-19/h13-18H,5-12,20H2,1-4H3. The van der Waals surface area contributed by atoms with Crippen molar-refractivity contribution in [3.8, 4) is 0 Å². The van der Waals surface area contributed by atoms with Gasteiger partial charge in [0.1, 0.15) is 0 Å². The normalized spacial score (nSPS) is 41.0. The molecule has 0 spiro atoms. The Labute approximate surface area is 131 Å². The largest absolute Gasteiger partial charge is 0.327 e. The quantitative estimate of drug-likeness (QED) is 0.804. The Morgan fingerprint density at radius 3 is 1.90 bits per heavy atom. The Morgan fingerprint density at radius 2 is 1.48 bits per heavy atom. The summed E-state index contributed by atoms with van der Waals surface area (Å²) >= 11 is 0. The molecule has 122 valence electrons. The molecular formula is C19H36N2. The summed E-state index contributed by atoms with van der Waals surface area (Å²) in [5, 5.41) is 0. The number of hydrogen-bond acceptors (Lipinski definition) is 2. The lowest BCUT2D eigenvalue weighted by Crippen LogP contribution is -2.55. The third kappa shape index (κ3) is 3.03. The number of nitrogens with zero attached hydrogens (tertiary/aromatic N) is 1. The summed E-state index contributed by atoms with van der Waals surface area (Å²) in [5.74, 6) is 3.79. The van der Waals surface area contributed by atoms with Gasteiger partial charge >= 0.3 is 0 Å². The van der Waals surface area contributed by atoms with Crippen LogP contribution in [-0.4, -0.2) is 30.6 Å². The van der Waals surface area contributed by atoms with Gasteiger partial charge in [0.15, 0.2) is 0 Å². The van der Waals surface area contributed by atoms with Gasteiger partial charge in [0.25, 0.3) is 0 Å². The van der Waals surface area contributed by atoms with Crippen LogP contribution >= 0.6 is 0 Å². The molecule has 2 N–H and O–H groups in total. The van der Waals surface area contributed by atoms with Gasteiger partial charge < -0.3 is 10.6 Å². The van der Waals surface area contributed by atoms with Crippen LogP contribution in [0.2, 0.25) is 0 Å². The van der Waals surface area contributed by atoms with Crippen molar-refractivity contribution in [3.05, 3.63) is 0 Å². The highest BCUT2D eigenvalue weighted by atomic mass is 15.1. The molecule has 4 aliphatic carbocycles. The fourth-order valence-corrected chi connectivity index (χ4v) is 6.04. The van der Waals surface area contributed by atoms with Crippen LogP contribution in [0.5, 0.6) is 0 Å². The van der Waals surface area contributed by atoms with E-state index in [0.717, 1.165) is 30.2 Å². The van der Waals surface area contributed by atoms with Crippen molar-refractivity contribution in [2.75, 3.05) is 13.6 Å². The van der Waals surface area contributed by atoms with Gasteiger partial charge in [0.05, 0.1) is 0 Å². The lowest BCUT2D eigenvalue weighted by atomic mass is 9.47. The predicted octanol–water partition coefficient (Wildman–Crippen LogP) is 3.90. The Bertz CT molecular complexity index is 327. The molecule has 2 nitrogen and oxygen atoms in total. The molecule has 4 fully saturated rings. The first-order valence-corrected chi connectivity index (χ1v) is 9.35. The first kappa shape index (κ1) is 15.8. The van der Waals surface area contributed by atoms with Gasteiger partial charge in [0.2, 0.25) is 0 Å². The van der Waals surface area contributed by atoms with Gasteiger partial charge in [-0.1, -0.05) is 13.8 Å². The fourth-order valence-electron chi connectivity index (χ4n) is 6.04. The van der Waals surface area contributed by atoms with Crippen molar-refractivity contribution in [2.45, 2.75) is 77.8 Å². The predicted molar refractivity (Wildman–Crippen MR) is 90.1 cm³/mol. The number of hydrogen-bond donors (Lipinski definition) is 1. The van der Waals surface area contributed by atoms with E-state index in [1.165, 1.54) is 25.8 Å². The zero-order valence-corrected chi connectivity index (χ0v) is 14.6. The molecule has 4 saturated carbocycles. The molecule has 21 heavy (non-hydrogen) atoms. The average Bonchev–Trinajstić information content (AvgIpc) is 2.41. The van der Waals surface area contributed by atoms with Crippen molar-refractivity contribution >= 4 is 0 Å². The van der Waals surface area contributed by atoms with Gasteiger partial charge in [0, 0.05) is 12.1 Å². The molecule has 4 bridgehead atoms. The molecule has 2 unspecified atom stereocenters. The van der Waals surface area contributed by atoms with E-state index < -0.39 is 0 Å². The van der Waals surface area contributed by atoms with Crippen molar-refractivity contribution in [1.29, 1.82) is 0 Å². The van der Waals surface area contributed by atoms with Crippen LogP contribution in [0.25, 0.3) is 0 Å². The van der Waals surface area contributed by atoms with Crippen molar-refractivity contribution < 1.29 is 0 Å². The molecule has 2 heteroatoms. The molecule has 2 atom stereocenters. The minimum atomic E-state index is 0.357. The maximum atomic E-state index is 6.24. The Morgan fingerprint density at radius 1 is 1.00 bits per heavy atom. The molecule has 0 aromatic carbocycles. The van der Waals surface area contributed by atoms with Crippen LogP contribution < -0.4 is 5.73 Å². The van der Waals surface area contributed by atoms with Gasteiger partial charge in [-0.15, -0.1) is 0 Å². The van der Waals surface area contributed by atoms with E-state index in [9.17, 15) is 0 Å². The third-order valence-corrected chi connectivity index (χ3v) is 7.30. The highest BCUT2D eigenvalue weighted by molar-refractivity contribution is 5.05. The molecule has 0 aromatic rings. The van der Waals surface area contributed by atoms with Gasteiger partial charge in [-0.05, 0) is 94.5 Å². The summed E-state index contributed by atoms with van der Waals surface area (Å²) < 4.78 is 0. The fraction of sp³-hybridized carbons (Fsp3) is 1.00. The molecule has 0 saturated heterocycles. The van der Waals surface area contributed by atoms with Gasteiger partial charge in [-0.2, -0.15) is 0 Å². The minimum absolute atomic E-state index is 0.357. The van der Waals surface area contributed by atoms with E-state index in [4.69, 9.17) is 5.73 Å². The Balaban J connectivity index is 1.60. The van der Waals surface area contributed by atoms with E-state index in [1.54, 1.807) is 19.3 Å². The second-order valence-electron chi connectivity index (χ2n) is 9.13. The SMILES string of the molecule is CC(C)C(N)CCN(C)C(C)C12CC3CC(CC(C3)C1)C2. The molecule has 0 aromatic heterocycles. The lowest BCUT2D eigenvalue weighted by Gasteiger charge is -2.60. The maximum Gasteiger partial charge on any atom is 0.0121 e. The molecular weight excluding hydrogens is 256 g/mol. The molecule has 4 aliphatic rings. The van der Waals surface area contributed by atoms with Crippen LogP contribution in [0.4, 0.5) is 0 Å². The highest BCUT2D eigenvalue weighted by Gasteiger charge is 2.53. The van der Waals surface area contributed by atoms with Crippen LogP contribution in [-0.2, 0) is 0 Å². The Kier molecular flexibility index (Phi) is 4.40. The molecule has 4 rings (SSSR count). The monoisotopic (exact) mass is 292 g/mol. The highest BCUT2D eigenvalue weighted by Crippen LogP contribution is 2.61. The zero-order valence-electron chi connectivity index (χ0n) is 14.6. The van der Waals surface area contributed by atoms with Crippen LogP contribution in [0.1, 0.15) is 65.7 Å². The van der Waals surface area contributed by atoms with Crippen LogP contribution in [0.3, 0.4) is 0 Å². The van der Waals surface area contributed by atoms with Gasteiger partial charge in [-0.25, -0.2) is 0 Å². The summed E-state index contributed by atoms with van der Waals surface area (Å²) in [6.07, 6.45) is 10.3. The van der Waals surface area contributed by atoms with E-state index in [2.05, 4.69) is 32.7 Å². The second kappa shape index (κ2) is 5.85. The van der Waals surface area contributed by atoms with Crippen LogP contribution in [0, 0.1) is 29.1 Å². The molecule has 0 amide bonds. The number of nitrogens with two attached hydrogens (primary N) is 1. The zero-order chi connectivity index (χ0) is 15.2. The summed E-state index contributed by atoms with van der Waals surface area (Å²) in [5.41, 5.74) is 6.89. The molecule has 0 aliphatic heterocycles. The minimum Gasteiger partial charge on any atom is -0.327 e. The smallest absolute Gasteiger partial charge is 0.0121 e. The molecule has 0 radical (unpaired) electrons. The lowest BCUT2D eigenvalue weighted by molar-refractivity contribution is -0.0927. The summed E-state index contributed by atoms with van der Waals surface area (Å²) in [4.78, 5) is 2.63. The van der Waals surface area contributed by atoms with E-state index in [-0.39, 0.29) is 0 Å². The van der Waals surface area contributed by atoms with Crippen molar-refractivity contribution in [2.24, 2.45) is 34.8 Å². The average molecular weight is 293 g/mol. The topological polar surface area (TPSA) is 29.3 Å². The van der Waals surface area contributed by atoms with Crippen molar-refractivity contribution in [3.63, 3.8) is 0 Å². The summed E-state index contributed by atoms with van der Waals surface area (Å²) in [7, 11) is 2.34. The van der Waals surface area contributed by atoms with Gasteiger partial charge in [-0.3, -0.25) is 0 Å².